The van der Waals surface area contributed by atoms with Gasteiger partial charge in [0.1, 0.15) is 17.3 Å². The molecule has 37 heavy (non-hydrogen) atoms. The van der Waals surface area contributed by atoms with Gasteiger partial charge in [0.2, 0.25) is 0 Å². The van der Waals surface area contributed by atoms with Crippen molar-refractivity contribution in [1.82, 2.24) is 4.90 Å². The van der Waals surface area contributed by atoms with Crippen LogP contribution in [0.5, 0.6) is 11.5 Å². The number of Topliss-reactive ketones (excluding diaryl/α,β-unsaturated/α-hetero) is 2. The van der Waals surface area contributed by atoms with Crippen LogP contribution in [0.3, 0.4) is 0 Å². The minimum absolute atomic E-state index is 0.0632. The van der Waals surface area contributed by atoms with E-state index in [1.165, 1.54) is 30.3 Å². The van der Waals surface area contributed by atoms with Crippen LogP contribution >= 0.6 is 0 Å². The molecule has 8 heteroatoms. The number of carbonyl (C=O) groups is 2. The molecule has 0 aliphatic carbocycles. The van der Waals surface area contributed by atoms with Crippen molar-refractivity contribution in [3.8, 4) is 11.5 Å². The third kappa shape index (κ3) is 5.72. The van der Waals surface area contributed by atoms with Crippen LogP contribution in [0.2, 0.25) is 0 Å². The maximum atomic E-state index is 14.7. The van der Waals surface area contributed by atoms with Crippen molar-refractivity contribution in [3.63, 3.8) is 0 Å². The Kier molecular flexibility index (Phi) is 8.02. The fourth-order valence-corrected chi connectivity index (χ4v) is 5.33. The molecule has 0 aromatic heterocycles. The molecule has 0 radical (unpaired) electrons. The summed E-state index contributed by atoms with van der Waals surface area (Å²) < 4.78 is 14.7. The zero-order chi connectivity index (χ0) is 26.7. The topological polar surface area (TPSA) is 124 Å². The summed E-state index contributed by atoms with van der Waals surface area (Å²) in [6.45, 7) is 2.07. The van der Waals surface area contributed by atoms with Crippen molar-refractivity contribution in [2.45, 2.75) is 18.9 Å². The Morgan fingerprint density at radius 1 is 0.946 bits per heavy atom. The molecular formula is C29H31FN2O5. The van der Waals surface area contributed by atoms with Crippen molar-refractivity contribution in [3.05, 3.63) is 94.8 Å². The number of hydrogen-bond acceptors (Lipinski definition) is 7. The van der Waals surface area contributed by atoms with E-state index in [1.54, 1.807) is 43.3 Å². The molecule has 5 N–H and O–H groups in total. The number of carbonyl (C=O) groups excluding carboxylic acids is 2. The van der Waals surface area contributed by atoms with Crippen molar-refractivity contribution >= 4 is 11.6 Å². The third-order valence-corrected chi connectivity index (χ3v) is 7.11. The Hall–Kier alpha value is -3.59. The number of nitrogens with two attached hydrogens (primary N) is 1. The van der Waals surface area contributed by atoms with Crippen molar-refractivity contribution < 1.29 is 29.3 Å². The maximum Gasteiger partial charge on any atom is 0.167 e. The van der Waals surface area contributed by atoms with Crippen molar-refractivity contribution in [2.75, 3.05) is 26.2 Å². The normalized spacial score (nSPS) is 19.5. The molecule has 1 heterocycles. The lowest BCUT2D eigenvalue weighted by molar-refractivity contribution is 0.0541. The van der Waals surface area contributed by atoms with E-state index in [4.69, 9.17) is 5.73 Å². The van der Waals surface area contributed by atoms with Gasteiger partial charge in [-0.25, -0.2) is 4.39 Å². The van der Waals surface area contributed by atoms with E-state index in [2.05, 4.69) is 0 Å². The molecule has 0 saturated carbocycles. The van der Waals surface area contributed by atoms with Gasteiger partial charge in [-0.2, -0.15) is 0 Å². The smallest absolute Gasteiger partial charge is 0.167 e. The standard InChI is InChI=1S/C29H31FN2O5/c1-17-23(9-4-10-26(17)30)27-24(28(36)18-5-2-7-21(34)11-18)14-32(13-20(31)16-33)15-25(27)29(37)19-6-3-8-22(35)12-19/h2-12,20,24-25,27,33-35H,13-16,31H2,1H3/t20?,24-,25-/m0/s1. The molecule has 194 valence electrons. The molecule has 0 amide bonds. The van der Waals surface area contributed by atoms with Gasteiger partial charge in [0.25, 0.3) is 0 Å². The number of halogens is 1. The SMILES string of the molecule is Cc1c(F)cccc1C1[C@@H](C(=O)c2cccc(O)c2)CN(CC(N)CO)C[C@@H]1C(=O)c1cccc(O)c1. The fraction of sp³-hybridized carbons (Fsp3) is 0.310. The molecular weight excluding hydrogens is 475 g/mol. The first-order chi connectivity index (χ1) is 17.7. The van der Waals surface area contributed by atoms with Gasteiger partial charge in [0.05, 0.1) is 6.61 Å². The van der Waals surface area contributed by atoms with Crippen LogP contribution in [-0.4, -0.2) is 64.1 Å². The van der Waals surface area contributed by atoms with Gasteiger partial charge in [0.15, 0.2) is 11.6 Å². The third-order valence-electron chi connectivity index (χ3n) is 7.11. The van der Waals surface area contributed by atoms with Gasteiger partial charge in [-0.3, -0.25) is 9.59 Å². The number of piperidine rings is 1. The second-order valence-electron chi connectivity index (χ2n) is 9.68. The number of aromatic hydroxyl groups is 2. The van der Waals surface area contributed by atoms with E-state index in [-0.39, 0.29) is 60.4 Å². The molecule has 7 nitrogen and oxygen atoms in total. The molecule has 1 saturated heterocycles. The Morgan fingerprint density at radius 3 is 1.95 bits per heavy atom. The number of phenolic OH excluding ortho intramolecular Hbond substituents is 2. The van der Waals surface area contributed by atoms with Gasteiger partial charge >= 0.3 is 0 Å². The van der Waals surface area contributed by atoms with Gasteiger partial charge in [-0.1, -0.05) is 36.4 Å². The number of ketones is 2. The summed E-state index contributed by atoms with van der Waals surface area (Å²) in [6.07, 6.45) is 0. The van der Waals surface area contributed by atoms with Crippen LogP contribution in [0.15, 0.2) is 66.7 Å². The summed E-state index contributed by atoms with van der Waals surface area (Å²) in [5, 5.41) is 29.6. The van der Waals surface area contributed by atoms with Crippen LogP contribution in [0.4, 0.5) is 4.39 Å². The Labute approximate surface area is 215 Å². The largest absolute Gasteiger partial charge is 0.508 e. The van der Waals surface area contributed by atoms with Gasteiger partial charge in [0, 0.05) is 54.6 Å². The zero-order valence-electron chi connectivity index (χ0n) is 20.5. The molecule has 0 bridgehead atoms. The summed E-state index contributed by atoms with van der Waals surface area (Å²) in [7, 11) is 0. The number of aliphatic hydroxyl groups excluding tert-OH is 1. The maximum absolute atomic E-state index is 14.7. The van der Waals surface area contributed by atoms with E-state index in [0.717, 1.165) is 0 Å². The van der Waals surface area contributed by atoms with Crippen molar-refractivity contribution in [2.24, 2.45) is 17.6 Å². The lowest BCUT2D eigenvalue weighted by atomic mass is 9.67. The van der Waals surface area contributed by atoms with Crippen LogP contribution in [0.1, 0.15) is 37.8 Å². The highest BCUT2D eigenvalue weighted by atomic mass is 19.1. The Bertz CT molecular complexity index is 1230. The van der Waals surface area contributed by atoms with Crippen LogP contribution in [0.25, 0.3) is 0 Å². The first-order valence-corrected chi connectivity index (χ1v) is 12.2. The molecule has 0 spiro atoms. The van der Waals surface area contributed by atoms with E-state index >= 15 is 0 Å². The number of aliphatic hydroxyl groups is 1. The number of likely N-dealkylation sites (tertiary alicyclic amines) is 1. The Morgan fingerprint density at radius 2 is 1.46 bits per heavy atom. The number of phenols is 2. The van der Waals surface area contributed by atoms with Gasteiger partial charge < -0.3 is 26.0 Å². The lowest BCUT2D eigenvalue weighted by Gasteiger charge is -2.44. The molecule has 4 rings (SSSR count). The molecule has 3 atom stereocenters. The summed E-state index contributed by atoms with van der Waals surface area (Å²) in [4.78, 5) is 29.7. The monoisotopic (exact) mass is 506 g/mol. The average Bonchev–Trinajstić information content (AvgIpc) is 2.89. The van der Waals surface area contributed by atoms with Crippen LogP contribution in [-0.2, 0) is 0 Å². The molecule has 1 fully saturated rings. The number of rotatable bonds is 8. The predicted molar refractivity (Wildman–Crippen MR) is 137 cm³/mol. The van der Waals surface area contributed by atoms with Gasteiger partial charge in [-0.05, 0) is 48.4 Å². The summed E-state index contributed by atoms with van der Waals surface area (Å²) in [6, 6.07) is 16.1. The number of benzene rings is 3. The highest BCUT2D eigenvalue weighted by Gasteiger charge is 2.45. The average molecular weight is 507 g/mol. The van der Waals surface area contributed by atoms with Gasteiger partial charge in [-0.15, -0.1) is 0 Å². The molecule has 3 aromatic carbocycles. The van der Waals surface area contributed by atoms with E-state index < -0.39 is 29.6 Å². The quantitative estimate of drug-likeness (QED) is 0.346. The summed E-state index contributed by atoms with van der Waals surface area (Å²) in [5.41, 5.74) is 7.49. The zero-order valence-corrected chi connectivity index (χ0v) is 20.5. The molecule has 3 aromatic rings. The highest BCUT2D eigenvalue weighted by molar-refractivity contribution is 6.02. The Balaban J connectivity index is 1.86. The summed E-state index contributed by atoms with van der Waals surface area (Å²) >= 11 is 0. The summed E-state index contributed by atoms with van der Waals surface area (Å²) in [5.74, 6) is -3.36. The first kappa shape index (κ1) is 26.5. The molecule has 1 unspecified atom stereocenters. The minimum atomic E-state index is -0.770. The fourth-order valence-electron chi connectivity index (χ4n) is 5.33. The first-order valence-electron chi connectivity index (χ1n) is 12.2. The highest BCUT2D eigenvalue weighted by Crippen LogP contribution is 2.42. The van der Waals surface area contributed by atoms with Crippen LogP contribution < -0.4 is 5.73 Å². The molecule has 1 aliphatic rings. The second kappa shape index (κ2) is 11.2. The van der Waals surface area contributed by atoms with Crippen LogP contribution in [0, 0.1) is 24.6 Å². The molecule has 1 aliphatic heterocycles. The van der Waals surface area contributed by atoms with E-state index in [0.29, 0.717) is 11.1 Å². The second-order valence-corrected chi connectivity index (χ2v) is 9.68. The lowest BCUT2D eigenvalue weighted by Crippen LogP contribution is -2.53. The predicted octanol–water partition coefficient (Wildman–Crippen LogP) is 3.26. The number of nitrogens with zero attached hydrogens (tertiary/aromatic N) is 1. The van der Waals surface area contributed by atoms with E-state index in [9.17, 15) is 29.3 Å². The number of hydrogen-bond donors (Lipinski definition) is 4. The minimum Gasteiger partial charge on any atom is -0.508 e. The van der Waals surface area contributed by atoms with Crippen molar-refractivity contribution in [1.29, 1.82) is 0 Å². The van der Waals surface area contributed by atoms with E-state index in [1.807, 2.05) is 4.90 Å².